The van der Waals surface area contributed by atoms with E-state index in [2.05, 4.69) is 5.32 Å². The molecule has 0 unspecified atom stereocenters. The summed E-state index contributed by atoms with van der Waals surface area (Å²) in [6.45, 7) is 1.74. The number of carbonyl (C=O) groups excluding carboxylic acids is 1. The van der Waals surface area contributed by atoms with Gasteiger partial charge in [0.25, 0.3) is 0 Å². The van der Waals surface area contributed by atoms with Crippen LogP contribution >= 0.6 is 0 Å². The van der Waals surface area contributed by atoms with Crippen LogP contribution in [0.3, 0.4) is 0 Å². The van der Waals surface area contributed by atoms with Crippen LogP contribution in [0.1, 0.15) is 6.42 Å². The summed E-state index contributed by atoms with van der Waals surface area (Å²) in [7, 11) is 3.51. The fourth-order valence-corrected chi connectivity index (χ4v) is 1.57. The average molecular weight is 254 g/mol. The van der Waals surface area contributed by atoms with Gasteiger partial charge >= 0.3 is 0 Å². The fourth-order valence-electron chi connectivity index (χ4n) is 1.57. The molecule has 0 aliphatic heterocycles. The number of halogens is 1. The number of rotatable bonds is 7. The molecule has 5 heteroatoms. The molecule has 0 radical (unpaired) electrons. The molecule has 18 heavy (non-hydrogen) atoms. The van der Waals surface area contributed by atoms with E-state index in [1.54, 1.807) is 19.2 Å². The maximum atomic E-state index is 12.9. The highest BCUT2D eigenvalue weighted by atomic mass is 19.1. The van der Waals surface area contributed by atoms with Gasteiger partial charge in [0.15, 0.2) is 0 Å². The molecular weight excluding hydrogens is 235 g/mol. The van der Waals surface area contributed by atoms with E-state index >= 15 is 0 Å². The summed E-state index contributed by atoms with van der Waals surface area (Å²) in [6.07, 6.45) is 0.875. The van der Waals surface area contributed by atoms with Crippen molar-refractivity contribution in [3.05, 3.63) is 30.1 Å². The number of methoxy groups -OCH3 is 1. The maximum absolute atomic E-state index is 12.9. The van der Waals surface area contributed by atoms with E-state index in [1.807, 2.05) is 11.9 Å². The van der Waals surface area contributed by atoms with Gasteiger partial charge in [0, 0.05) is 25.9 Å². The third-order valence-electron chi connectivity index (χ3n) is 2.41. The number of benzene rings is 1. The van der Waals surface area contributed by atoms with Crippen molar-refractivity contribution in [2.24, 2.45) is 0 Å². The van der Waals surface area contributed by atoms with Crippen molar-refractivity contribution in [1.29, 1.82) is 0 Å². The van der Waals surface area contributed by atoms with Crippen LogP contribution in [0.4, 0.5) is 10.1 Å². The summed E-state index contributed by atoms with van der Waals surface area (Å²) in [5.41, 5.74) is 0.477. The number of anilines is 1. The minimum absolute atomic E-state index is 0.152. The molecule has 0 spiro atoms. The Labute approximate surface area is 107 Å². The second-order valence-corrected chi connectivity index (χ2v) is 4.14. The Hall–Kier alpha value is -1.46. The van der Waals surface area contributed by atoms with Crippen molar-refractivity contribution in [3.8, 4) is 0 Å². The topological polar surface area (TPSA) is 41.6 Å². The Balaban J connectivity index is 2.32. The quantitative estimate of drug-likeness (QED) is 0.753. The lowest BCUT2D eigenvalue weighted by atomic mass is 10.3. The van der Waals surface area contributed by atoms with E-state index < -0.39 is 0 Å². The number of carbonyl (C=O) groups is 1. The monoisotopic (exact) mass is 254 g/mol. The van der Waals surface area contributed by atoms with Gasteiger partial charge in [-0.2, -0.15) is 0 Å². The van der Waals surface area contributed by atoms with Crippen molar-refractivity contribution in [2.45, 2.75) is 6.42 Å². The molecule has 0 aliphatic carbocycles. The number of amides is 1. The number of nitrogens with zero attached hydrogens (tertiary/aromatic N) is 1. The predicted molar refractivity (Wildman–Crippen MR) is 69.0 cm³/mol. The zero-order valence-electron chi connectivity index (χ0n) is 10.8. The minimum atomic E-state index is -0.360. The number of likely N-dealkylation sites (N-methyl/N-ethyl adjacent to an activating group) is 1. The fraction of sp³-hybridized carbons (Fsp3) is 0.462. The van der Waals surface area contributed by atoms with E-state index in [0.717, 1.165) is 13.0 Å². The minimum Gasteiger partial charge on any atom is -0.385 e. The number of nitrogens with one attached hydrogen (secondary N) is 1. The van der Waals surface area contributed by atoms with Gasteiger partial charge in [0.1, 0.15) is 5.82 Å². The van der Waals surface area contributed by atoms with Crippen molar-refractivity contribution in [1.82, 2.24) is 4.90 Å². The van der Waals surface area contributed by atoms with Gasteiger partial charge in [-0.1, -0.05) is 6.07 Å². The van der Waals surface area contributed by atoms with Gasteiger partial charge in [0.2, 0.25) is 5.91 Å². The highest BCUT2D eigenvalue weighted by Gasteiger charge is 2.06. The first-order valence-electron chi connectivity index (χ1n) is 5.84. The molecule has 1 aromatic rings. The summed E-state index contributed by atoms with van der Waals surface area (Å²) >= 11 is 0. The molecule has 1 N–H and O–H groups in total. The van der Waals surface area contributed by atoms with E-state index in [-0.39, 0.29) is 18.3 Å². The largest absolute Gasteiger partial charge is 0.385 e. The Morgan fingerprint density at radius 3 is 2.94 bits per heavy atom. The Morgan fingerprint density at radius 1 is 1.50 bits per heavy atom. The van der Waals surface area contributed by atoms with Crippen LogP contribution < -0.4 is 5.32 Å². The van der Waals surface area contributed by atoms with Gasteiger partial charge in [-0.05, 0) is 31.7 Å². The molecule has 0 saturated carbocycles. The first-order valence-corrected chi connectivity index (χ1v) is 5.84. The second-order valence-electron chi connectivity index (χ2n) is 4.14. The van der Waals surface area contributed by atoms with Crippen molar-refractivity contribution >= 4 is 11.6 Å². The first-order chi connectivity index (χ1) is 8.61. The Morgan fingerprint density at radius 2 is 2.28 bits per heavy atom. The third-order valence-corrected chi connectivity index (χ3v) is 2.41. The standard InChI is InChI=1S/C13H19FN2O2/c1-16(7-4-8-18-2)10-13(17)15-12-6-3-5-11(14)9-12/h3,5-6,9H,4,7-8,10H2,1-2H3,(H,15,17). The predicted octanol–water partition coefficient (Wildman–Crippen LogP) is 1.73. The molecule has 0 bridgehead atoms. The number of ether oxygens (including phenoxy) is 1. The summed E-state index contributed by atoms with van der Waals surface area (Å²) in [5.74, 6) is -0.512. The third kappa shape index (κ3) is 5.75. The van der Waals surface area contributed by atoms with Crippen LogP contribution in [0.5, 0.6) is 0 Å². The van der Waals surface area contributed by atoms with Crippen LogP contribution in [-0.4, -0.2) is 44.7 Å². The highest BCUT2D eigenvalue weighted by Crippen LogP contribution is 2.08. The molecule has 0 atom stereocenters. The average Bonchev–Trinajstić information content (AvgIpc) is 2.29. The Kier molecular flexibility index (Phi) is 6.32. The molecule has 0 aliphatic rings. The lowest BCUT2D eigenvalue weighted by Crippen LogP contribution is -2.31. The summed E-state index contributed by atoms with van der Waals surface area (Å²) in [6, 6.07) is 5.86. The molecule has 100 valence electrons. The van der Waals surface area contributed by atoms with Gasteiger partial charge in [-0.15, -0.1) is 0 Å². The van der Waals surface area contributed by atoms with E-state index in [0.29, 0.717) is 12.3 Å². The summed E-state index contributed by atoms with van der Waals surface area (Å²) in [5, 5.41) is 2.65. The van der Waals surface area contributed by atoms with Crippen LogP contribution in [0, 0.1) is 5.82 Å². The second kappa shape index (κ2) is 7.79. The zero-order valence-corrected chi connectivity index (χ0v) is 10.8. The molecule has 0 saturated heterocycles. The first kappa shape index (κ1) is 14.6. The lowest BCUT2D eigenvalue weighted by Gasteiger charge is -2.15. The van der Waals surface area contributed by atoms with Gasteiger partial charge in [-0.25, -0.2) is 4.39 Å². The Bertz CT molecular complexity index is 385. The molecule has 1 aromatic carbocycles. The normalized spacial score (nSPS) is 10.7. The van der Waals surface area contributed by atoms with Crippen molar-refractivity contribution in [2.75, 3.05) is 39.2 Å². The highest BCUT2D eigenvalue weighted by molar-refractivity contribution is 5.92. The van der Waals surface area contributed by atoms with Crippen LogP contribution in [0.2, 0.25) is 0 Å². The lowest BCUT2D eigenvalue weighted by molar-refractivity contribution is -0.117. The van der Waals surface area contributed by atoms with Crippen molar-refractivity contribution in [3.63, 3.8) is 0 Å². The van der Waals surface area contributed by atoms with Crippen LogP contribution in [0.15, 0.2) is 24.3 Å². The van der Waals surface area contributed by atoms with Crippen molar-refractivity contribution < 1.29 is 13.9 Å². The molecule has 0 heterocycles. The molecule has 1 amide bonds. The number of hydrogen-bond acceptors (Lipinski definition) is 3. The van der Waals surface area contributed by atoms with Gasteiger partial charge in [-0.3, -0.25) is 9.69 Å². The maximum Gasteiger partial charge on any atom is 0.238 e. The molecule has 0 fully saturated rings. The van der Waals surface area contributed by atoms with Gasteiger partial charge < -0.3 is 10.1 Å². The summed E-state index contributed by atoms with van der Waals surface area (Å²) in [4.78, 5) is 13.6. The van der Waals surface area contributed by atoms with Gasteiger partial charge in [0.05, 0.1) is 6.54 Å². The molecular formula is C13H19FN2O2. The molecule has 0 aromatic heterocycles. The summed E-state index contributed by atoms with van der Waals surface area (Å²) < 4.78 is 17.8. The smallest absolute Gasteiger partial charge is 0.238 e. The molecule has 1 rings (SSSR count). The van der Waals surface area contributed by atoms with Crippen LogP contribution in [-0.2, 0) is 9.53 Å². The van der Waals surface area contributed by atoms with E-state index in [4.69, 9.17) is 4.74 Å². The SMILES string of the molecule is COCCCN(C)CC(=O)Nc1cccc(F)c1. The zero-order chi connectivity index (χ0) is 13.4. The molecule has 4 nitrogen and oxygen atoms in total. The van der Waals surface area contributed by atoms with Crippen LogP contribution in [0.25, 0.3) is 0 Å². The van der Waals surface area contributed by atoms with E-state index in [9.17, 15) is 9.18 Å². The van der Waals surface area contributed by atoms with E-state index in [1.165, 1.54) is 12.1 Å². The number of hydrogen-bond donors (Lipinski definition) is 1.